The maximum atomic E-state index is 6.19. The van der Waals surface area contributed by atoms with Crippen molar-refractivity contribution in [2.24, 2.45) is 4.99 Å². The summed E-state index contributed by atoms with van der Waals surface area (Å²) in [5, 5.41) is 6.89. The first-order valence-electron chi connectivity index (χ1n) is 10.1. The van der Waals surface area contributed by atoms with Crippen molar-refractivity contribution in [2.75, 3.05) is 26.8 Å². The minimum absolute atomic E-state index is 0. The minimum atomic E-state index is 0. The van der Waals surface area contributed by atoms with Gasteiger partial charge in [0.1, 0.15) is 11.9 Å². The summed E-state index contributed by atoms with van der Waals surface area (Å²) < 4.78 is 11.6. The monoisotopic (exact) mass is 507 g/mol. The molecule has 2 unspecified atom stereocenters. The summed E-state index contributed by atoms with van der Waals surface area (Å²) in [6, 6.07) is 15.0. The summed E-state index contributed by atoms with van der Waals surface area (Å²) in [6.07, 6.45) is 2.24. The number of hydrogen-bond acceptors (Lipinski definition) is 3. The molecule has 2 atom stereocenters. The van der Waals surface area contributed by atoms with Crippen molar-refractivity contribution in [3.8, 4) is 5.75 Å². The van der Waals surface area contributed by atoms with E-state index < -0.39 is 0 Å². The Balaban J connectivity index is 0.00000240. The molecule has 0 spiro atoms. The number of hydrogen-bond donors (Lipinski definition) is 2. The standard InChI is InChI=1S/C23H29N3O2.HI/c1-16-7-8-18(22(11-16)28-20-9-10-27-15-20)13-25-23(24-2)26-14-19-12-17-5-3-4-6-21(17)19;/h3-8,11,19-20H,9-10,12-15H2,1-2H3,(H2,24,25,26);1H. The summed E-state index contributed by atoms with van der Waals surface area (Å²) in [5.74, 6) is 2.32. The Hall–Kier alpha value is -1.80. The molecule has 2 N–H and O–H groups in total. The Morgan fingerprint density at radius 3 is 2.83 bits per heavy atom. The van der Waals surface area contributed by atoms with Gasteiger partial charge in [0.05, 0.1) is 13.2 Å². The number of ether oxygens (including phenoxy) is 2. The fourth-order valence-corrected chi connectivity index (χ4v) is 3.87. The Morgan fingerprint density at radius 2 is 2.07 bits per heavy atom. The van der Waals surface area contributed by atoms with Crippen LogP contribution in [0.2, 0.25) is 0 Å². The maximum absolute atomic E-state index is 6.19. The second kappa shape index (κ2) is 10.3. The third-order valence-electron chi connectivity index (χ3n) is 5.55. The van der Waals surface area contributed by atoms with Crippen molar-refractivity contribution in [3.05, 3.63) is 64.7 Å². The molecule has 5 nitrogen and oxygen atoms in total. The van der Waals surface area contributed by atoms with Gasteiger partial charge < -0.3 is 20.1 Å². The zero-order valence-corrected chi connectivity index (χ0v) is 19.4. The number of rotatable bonds is 6. The van der Waals surface area contributed by atoms with Gasteiger partial charge in [-0.15, -0.1) is 24.0 Å². The first kappa shape index (κ1) is 21.9. The van der Waals surface area contributed by atoms with Gasteiger partial charge in [0.2, 0.25) is 0 Å². The zero-order valence-electron chi connectivity index (χ0n) is 17.1. The number of benzene rings is 2. The lowest BCUT2D eigenvalue weighted by molar-refractivity contribution is 0.140. The SMILES string of the molecule is CN=C(NCc1ccc(C)cc1OC1CCOC1)NCC1Cc2ccccc21.I. The van der Waals surface area contributed by atoms with Gasteiger partial charge in [0.15, 0.2) is 5.96 Å². The van der Waals surface area contributed by atoms with Crippen LogP contribution in [0.1, 0.15) is 34.6 Å². The maximum Gasteiger partial charge on any atom is 0.191 e. The molecule has 1 fully saturated rings. The van der Waals surface area contributed by atoms with Crippen molar-refractivity contribution in [1.29, 1.82) is 0 Å². The lowest BCUT2D eigenvalue weighted by Gasteiger charge is -2.30. The Morgan fingerprint density at radius 1 is 1.21 bits per heavy atom. The molecule has 1 heterocycles. The number of nitrogens with one attached hydrogen (secondary N) is 2. The number of fused-ring (bicyclic) bond motifs is 1. The molecule has 156 valence electrons. The van der Waals surface area contributed by atoms with E-state index in [-0.39, 0.29) is 30.1 Å². The molecular formula is C23H30IN3O2. The topological polar surface area (TPSA) is 54.9 Å². The van der Waals surface area contributed by atoms with Gasteiger partial charge in [-0.05, 0) is 36.1 Å². The molecule has 29 heavy (non-hydrogen) atoms. The van der Waals surface area contributed by atoms with E-state index in [2.05, 4.69) is 65.0 Å². The molecule has 0 saturated carbocycles. The molecule has 2 aliphatic rings. The predicted molar refractivity (Wildman–Crippen MR) is 128 cm³/mol. The van der Waals surface area contributed by atoms with Crippen molar-refractivity contribution in [2.45, 2.75) is 38.3 Å². The normalized spacial score (nSPS) is 20.3. The molecule has 4 rings (SSSR count). The molecule has 0 aromatic heterocycles. The molecule has 1 aliphatic carbocycles. The highest BCUT2D eigenvalue weighted by Crippen LogP contribution is 2.34. The lowest BCUT2D eigenvalue weighted by Crippen LogP contribution is -2.40. The number of halogens is 1. The highest BCUT2D eigenvalue weighted by molar-refractivity contribution is 14.0. The van der Waals surface area contributed by atoms with Gasteiger partial charge in [-0.25, -0.2) is 0 Å². The van der Waals surface area contributed by atoms with Crippen LogP contribution in [-0.4, -0.2) is 38.9 Å². The molecular weight excluding hydrogens is 477 g/mol. The molecule has 1 aliphatic heterocycles. The van der Waals surface area contributed by atoms with E-state index in [0.29, 0.717) is 19.1 Å². The Kier molecular flexibility index (Phi) is 7.77. The molecule has 2 aromatic carbocycles. The van der Waals surface area contributed by atoms with Gasteiger partial charge in [-0.2, -0.15) is 0 Å². The van der Waals surface area contributed by atoms with Crippen LogP contribution in [-0.2, 0) is 17.7 Å². The fraction of sp³-hybridized carbons (Fsp3) is 0.435. The lowest BCUT2D eigenvalue weighted by atomic mass is 9.78. The van der Waals surface area contributed by atoms with Crippen molar-refractivity contribution in [3.63, 3.8) is 0 Å². The second-order valence-corrected chi connectivity index (χ2v) is 7.62. The number of guanidine groups is 1. The summed E-state index contributed by atoms with van der Waals surface area (Å²) in [5.41, 5.74) is 5.26. The molecule has 0 amide bonds. The third kappa shape index (κ3) is 5.42. The van der Waals surface area contributed by atoms with Crippen molar-refractivity contribution < 1.29 is 9.47 Å². The number of aliphatic imine (C=N–C) groups is 1. The van der Waals surface area contributed by atoms with Crippen molar-refractivity contribution >= 4 is 29.9 Å². The molecule has 0 radical (unpaired) electrons. The van der Waals surface area contributed by atoms with Gasteiger partial charge in [-0.1, -0.05) is 36.4 Å². The van der Waals surface area contributed by atoms with Gasteiger partial charge in [0, 0.05) is 38.0 Å². The van der Waals surface area contributed by atoms with E-state index in [0.717, 1.165) is 43.3 Å². The highest BCUT2D eigenvalue weighted by Gasteiger charge is 2.25. The summed E-state index contributed by atoms with van der Waals surface area (Å²) in [4.78, 5) is 4.37. The van der Waals surface area contributed by atoms with E-state index >= 15 is 0 Å². The number of aryl methyl sites for hydroxylation is 1. The van der Waals surface area contributed by atoms with E-state index in [1.165, 1.54) is 16.7 Å². The van der Waals surface area contributed by atoms with E-state index in [1.54, 1.807) is 0 Å². The van der Waals surface area contributed by atoms with E-state index in [1.807, 2.05) is 7.05 Å². The minimum Gasteiger partial charge on any atom is -0.488 e. The van der Waals surface area contributed by atoms with Gasteiger partial charge in [-0.3, -0.25) is 4.99 Å². The van der Waals surface area contributed by atoms with Crippen LogP contribution >= 0.6 is 24.0 Å². The average molecular weight is 507 g/mol. The molecule has 1 saturated heterocycles. The molecule has 6 heteroatoms. The van der Waals surface area contributed by atoms with Gasteiger partial charge >= 0.3 is 0 Å². The smallest absolute Gasteiger partial charge is 0.191 e. The van der Waals surface area contributed by atoms with Crippen LogP contribution in [0.25, 0.3) is 0 Å². The molecule has 0 bridgehead atoms. The highest BCUT2D eigenvalue weighted by atomic mass is 127. The Bertz CT molecular complexity index is 850. The first-order chi connectivity index (χ1) is 13.7. The quantitative estimate of drug-likeness (QED) is 0.355. The number of nitrogens with zero attached hydrogens (tertiary/aromatic N) is 1. The zero-order chi connectivity index (χ0) is 19.3. The molecule has 2 aromatic rings. The van der Waals surface area contributed by atoms with Crippen LogP contribution in [0.3, 0.4) is 0 Å². The largest absolute Gasteiger partial charge is 0.488 e. The van der Waals surface area contributed by atoms with Crippen LogP contribution < -0.4 is 15.4 Å². The second-order valence-electron chi connectivity index (χ2n) is 7.62. The van der Waals surface area contributed by atoms with Crippen LogP contribution in [0.4, 0.5) is 0 Å². The fourth-order valence-electron chi connectivity index (χ4n) is 3.87. The first-order valence-corrected chi connectivity index (χ1v) is 10.1. The van der Waals surface area contributed by atoms with Gasteiger partial charge in [0.25, 0.3) is 0 Å². The van der Waals surface area contributed by atoms with Crippen LogP contribution in [0, 0.1) is 6.92 Å². The van der Waals surface area contributed by atoms with Crippen LogP contribution in [0.15, 0.2) is 47.5 Å². The van der Waals surface area contributed by atoms with Crippen LogP contribution in [0.5, 0.6) is 5.75 Å². The predicted octanol–water partition coefficient (Wildman–Crippen LogP) is 3.79. The van der Waals surface area contributed by atoms with E-state index in [9.17, 15) is 0 Å². The van der Waals surface area contributed by atoms with E-state index in [4.69, 9.17) is 9.47 Å². The summed E-state index contributed by atoms with van der Waals surface area (Å²) >= 11 is 0. The van der Waals surface area contributed by atoms with Crippen molar-refractivity contribution in [1.82, 2.24) is 10.6 Å². The third-order valence-corrected chi connectivity index (χ3v) is 5.55. The summed E-state index contributed by atoms with van der Waals surface area (Å²) in [7, 11) is 1.81. The average Bonchev–Trinajstić information content (AvgIpc) is 3.19. The Labute approximate surface area is 190 Å². The summed E-state index contributed by atoms with van der Waals surface area (Å²) in [6.45, 7) is 5.11.